The van der Waals surface area contributed by atoms with Gasteiger partial charge in [-0.2, -0.15) is 5.26 Å². The maximum atomic E-state index is 11.4. The molecule has 0 radical (unpaired) electrons. The summed E-state index contributed by atoms with van der Waals surface area (Å²) < 4.78 is 11.3. The van der Waals surface area contributed by atoms with Crippen LogP contribution in [0.3, 0.4) is 0 Å². The minimum absolute atomic E-state index is 0.0356. The molecule has 1 aliphatic rings. The van der Waals surface area contributed by atoms with Gasteiger partial charge in [0.1, 0.15) is 18.4 Å². The van der Waals surface area contributed by atoms with Crippen molar-refractivity contribution >= 4 is 16.7 Å². The van der Waals surface area contributed by atoms with Crippen LogP contribution in [-0.2, 0) is 4.79 Å². The fourth-order valence-corrected chi connectivity index (χ4v) is 3.47. The second kappa shape index (κ2) is 8.77. The first-order valence-electron chi connectivity index (χ1n) is 9.99. The highest BCUT2D eigenvalue weighted by atomic mass is 16.5. The summed E-state index contributed by atoms with van der Waals surface area (Å²) in [6.07, 6.45) is 2.90. The molecule has 2 heterocycles. The van der Waals surface area contributed by atoms with E-state index in [1.165, 1.54) is 12.7 Å². The molecule has 0 spiro atoms. The molecule has 1 aromatic heterocycles. The Hall–Kier alpha value is -4.03. The molecule has 1 saturated heterocycles. The van der Waals surface area contributed by atoms with Crippen LogP contribution in [0.25, 0.3) is 10.8 Å². The number of nitriles is 1. The maximum absolute atomic E-state index is 11.4. The van der Waals surface area contributed by atoms with E-state index in [0.29, 0.717) is 41.2 Å². The van der Waals surface area contributed by atoms with Crippen LogP contribution < -0.4 is 14.8 Å². The van der Waals surface area contributed by atoms with Crippen molar-refractivity contribution in [2.24, 2.45) is 0 Å². The number of nitrogens with zero attached hydrogens (tertiary/aromatic N) is 2. The van der Waals surface area contributed by atoms with Gasteiger partial charge in [0.05, 0.1) is 24.3 Å². The Balaban J connectivity index is 1.74. The number of hydrogen-bond donors (Lipinski definition) is 1. The summed E-state index contributed by atoms with van der Waals surface area (Å²) in [5.74, 6) is 7.22. The second-order valence-corrected chi connectivity index (χ2v) is 7.42. The van der Waals surface area contributed by atoms with E-state index in [9.17, 15) is 10.1 Å². The highest BCUT2D eigenvalue weighted by Crippen LogP contribution is 2.32. The lowest BCUT2D eigenvalue weighted by Crippen LogP contribution is -2.31. The molecule has 6 nitrogen and oxygen atoms in total. The predicted molar refractivity (Wildman–Crippen MR) is 117 cm³/mol. The molecule has 0 bridgehead atoms. The van der Waals surface area contributed by atoms with Crippen LogP contribution in [0.5, 0.6) is 11.6 Å². The van der Waals surface area contributed by atoms with Crippen molar-refractivity contribution in [2.45, 2.75) is 25.8 Å². The third-order valence-corrected chi connectivity index (χ3v) is 5.19. The molecule has 1 aliphatic heterocycles. The number of methoxy groups -OCH3 is 1. The molecule has 6 heteroatoms. The van der Waals surface area contributed by atoms with Crippen molar-refractivity contribution in [1.29, 1.82) is 5.26 Å². The highest BCUT2D eigenvalue weighted by molar-refractivity contribution is 5.94. The van der Waals surface area contributed by atoms with Crippen LogP contribution in [0.15, 0.2) is 42.6 Å². The lowest BCUT2D eigenvalue weighted by Gasteiger charge is -2.14. The summed E-state index contributed by atoms with van der Waals surface area (Å²) in [6, 6.07) is 13.6. The van der Waals surface area contributed by atoms with Crippen LogP contribution in [0, 0.1) is 30.1 Å². The summed E-state index contributed by atoms with van der Waals surface area (Å²) in [7, 11) is 1.52. The van der Waals surface area contributed by atoms with Crippen molar-refractivity contribution in [3.8, 4) is 29.5 Å². The Morgan fingerprint density at radius 1 is 1.16 bits per heavy atom. The van der Waals surface area contributed by atoms with Gasteiger partial charge in [-0.3, -0.25) is 4.79 Å². The Labute approximate surface area is 180 Å². The molecule has 1 N–H and O–H groups in total. The number of hydrogen-bond acceptors (Lipinski definition) is 5. The number of benzene rings is 2. The van der Waals surface area contributed by atoms with Crippen LogP contribution in [0.2, 0.25) is 0 Å². The molecule has 154 valence electrons. The number of aromatic nitrogens is 1. The number of carbonyl (C=O) groups is 1. The smallest absolute Gasteiger partial charge is 0.221 e. The molecule has 0 unspecified atom stereocenters. The molecule has 3 aromatic rings. The van der Waals surface area contributed by atoms with Gasteiger partial charge in [-0.05, 0) is 37.6 Å². The molecular formula is C25H21N3O3. The molecule has 31 heavy (non-hydrogen) atoms. The van der Waals surface area contributed by atoms with E-state index in [0.717, 1.165) is 17.4 Å². The Kier molecular flexibility index (Phi) is 5.73. The summed E-state index contributed by atoms with van der Waals surface area (Å²) in [5, 5.41) is 13.9. The zero-order valence-corrected chi connectivity index (χ0v) is 17.4. The molecule has 1 fully saturated rings. The standard InChI is InChI=1S/C25H21N3O3/c1-16-3-5-17(6-4-16)7-8-18-14-27-25(31-15-20-9-10-24(29)28-20)22-12-23(30-2)19(13-26)11-21(18)22/h3-6,11-12,14,20H,9-10,15H2,1-2H3,(H,28,29)/t20-/m0/s1. The minimum atomic E-state index is -0.0365. The minimum Gasteiger partial charge on any atom is -0.495 e. The number of rotatable bonds is 4. The number of carbonyl (C=O) groups excluding carboxylic acids is 1. The van der Waals surface area contributed by atoms with Crippen LogP contribution in [0.1, 0.15) is 35.1 Å². The first kappa shape index (κ1) is 20.3. The number of nitrogens with one attached hydrogen (secondary N) is 1. The fraction of sp³-hybridized carbons (Fsp3) is 0.240. The monoisotopic (exact) mass is 411 g/mol. The van der Waals surface area contributed by atoms with Crippen LogP contribution in [-0.4, -0.2) is 30.6 Å². The third kappa shape index (κ3) is 4.44. The molecule has 0 aliphatic carbocycles. The summed E-state index contributed by atoms with van der Waals surface area (Å²) >= 11 is 0. The molecule has 2 aromatic carbocycles. The van der Waals surface area contributed by atoms with E-state index in [1.807, 2.05) is 31.2 Å². The summed E-state index contributed by atoms with van der Waals surface area (Å²) in [4.78, 5) is 15.9. The maximum Gasteiger partial charge on any atom is 0.221 e. The van der Waals surface area contributed by atoms with Gasteiger partial charge in [0, 0.05) is 29.0 Å². The van der Waals surface area contributed by atoms with Crippen molar-refractivity contribution in [1.82, 2.24) is 10.3 Å². The largest absolute Gasteiger partial charge is 0.495 e. The van der Waals surface area contributed by atoms with Crippen LogP contribution >= 0.6 is 0 Å². The van der Waals surface area contributed by atoms with Gasteiger partial charge in [0.15, 0.2) is 0 Å². The third-order valence-electron chi connectivity index (χ3n) is 5.19. The van der Waals surface area contributed by atoms with Gasteiger partial charge in [-0.1, -0.05) is 29.5 Å². The normalized spacial score (nSPS) is 15.0. The van der Waals surface area contributed by atoms with Crippen molar-refractivity contribution in [2.75, 3.05) is 13.7 Å². The topological polar surface area (TPSA) is 84.2 Å². The zero-order chi connectivity index (χ0) is 21.8. The van der Waals surface area contributed by atoms with Gasteiger partial charge >= 0.3 is 0 Å². The van der Waals surface area contributed by atoms with E-state index in [2.05, 4.69) is 28.2 Å². The first-order valence-corrected chi connectivity index (χ1v) is 9.99. The predicted octanol–water partition coefficient (Wildman–Crippen LogP) is 3.48. The van der Waals surface area contributed by atoms with Crippen molar-refractivity contribution < 1.29 is 14.3 Å². The Morgan fingerprint density at radius 3 is 2.65 bits per heavy atom. The molecular weight excluding hydrogens is 390 g/mol. The zero-order valence-electron chi connectivity index (χ0n) is 17.4. The second-order valence-electron chi connectivity index (χ2n) is 7.42. The van der Waals surface area contributed by atoms with Crippen molar-refractivity contribution in [3.63, 3.8) is 0 Å². The van der Waals surface area contributed by atoms with E-state index >= 15 is 0 Å². The van der Waals surface area contributed by atoms with E-state index in [4.69, 9.17) is 9.47 Å². The molecule has 1 amide bonds. The molecule has 0 saturated carbocycles. The van der Waals surface area contributed by atoms with E-state index < -0.39 is 0 Å². The highest BCUT2D eigenvalue weighted by Gasteiger charge is 2.22. The quantitative estimate of drug-likeness (QED) is 0.665. The Morgan fingerprint density at radius 2 is 1.97 bits per heavy atom. The average Bonchev–Trinajstić information content (AvgIpc) is 3.21. The SMILES string of the molecule is COc1cc2c(OC[C@@H]3CCC(=O)N3)ncc(C#Cc3ccc(C)cc3)c2cc1C#N. The summed E-state index contributed by atoms with van der Waals surface area (Å²) in [5.41, 5.74) is 3.17. The lowest BCUT2D eigenvalue weighted by molar-refractivity contribution is -0.119. The number of pyridine rings is 1. The van der Waals surface area contributed by atoms with Gasteiger partial charge in [0.25, 0.3) is 0 Å². The fourth-order valence-electron chi connectivity index (χ4n) is 3.47. The van der Waals surface area contributed by atoms with Crippen LogP contribution in [0.4, 0.5) is 0 Å². The number of fused-ring (bicyclic) bond motifs is 1. The van der Waals surface area contributed by atoms with Crippen molar-refractivity contribution in [3.05, 3.63) is 64.8 Å². The number of ether oxygens (including phenoxy) is 2. The van der Waals surface area contributed by atoms with Gasteiger partial charge < -0.3 is 14.8 Å². The average molecular weight is 411 g/mol. The van der Waals surface area contributed by atoms with E-state index in [-0.39, 0.29) is 11.9 Å². The Bertz CT molecular complexity index is 1250. The molecule has 1 atom stereocenters. The molecule has 4 rings (SSSR count). The van der Waals surface area contributed by atoms with Gasteiger partial charge in [0.2, 0.25) is 11.8 Å². The summed E-state index contributed by atoms with van der Waals surface area (Å²) in [6.45, 7) is 2.35. The van der Waals surface area contributed by atoms with Gasteiger partial charge in [-0.25, -0.2) is 4.98 Å². The van der Waals surface area contributed by atoms with Gasteiger partial charge in [-0.15, -0.1) is 0 Å². The number of amides is 1. The van der Waals surface area contributed by atoms with E-state index in [1.54, 1.807) is 18.3 Å². The first-order chi connectivity index (χ1) is 15.1. The number of aryl methyl sites for hydroxylation is 1. The lowest BCUT2D eigenvalue weighted by atomic mass is 10.0.